The number of ether oxygens (including phenoxy) is 1. The molecule has 0 saturated heterocycles. The van der Waals surface area contributed by atoms with Gasteiger partial charge >= 0.3 is 0 Å². The fourth-order valence-electron chi connectivity index (χ4n) is 2.35. The van der Waals surface area contributed by atoms with Crippen molar-refractivity contribution in [3.63, 3.8) is 0 Å². The molecule has 136 valence electrons. The van der Waals surface area contributed by atoms with Crippen LogP contribution in [-0.2, 0) is 11.4 Å². The summed E-state index contributed by atoms with van der Waals surface area (Å²) in [6.45, 7) is 0.474. The zero-order valence-corrected chi connectivity index (χ0v) is 14.4. The summed E-state index contributed by atoms with van der Waals surface area (Å²) >= 11 is 0. The van der Waals surface area contributed by atoms with Crippen molar-refractivity contribution in [3.8, 4) is 5.75 Å². The average molecular weight is 365 g/mol. The number of amides is 1. The standard InChI is InChI=1S/C22H17F2NO2/c23-18-9-12-21(20(24)14-18)25-22(26)13-8-16-6-10-19(11-7-16)27-15-17-4-2-1-3-5-17/h1-14H,15H2,(H,25,26)/b13-8+. The summed E-state index contributed by atoms with van der Waals surface area (Å²) in [4.78, 5) is 11.9. The van der Waals surface area contributed by atoms with Crippen molar-refractivity contribution in [2.24, 2.45) is 0 Å². The van der Waals surface area contributed by atoms with Crippen LogP contribution in [0.1, 0.15) is 11.1 Å². The first-order chi connectivity index (χ1) is 13.1. The van der Waals surface area contributed by atoms with Gasteiger partial charge in [0.05, 0.1) is 5.69 Å². The third-order valence-electron chi connectivity index (χ3n) is 3.74. The van der Waals surface area contributed by atoms with E-state index in [1.165, 1.54) is 12.1 Å². The zero-order valence-electron chi connectivity index (χ0n) is 14.4. The number of nitrogens with one attached hydrogen (secondary N) is 1. The Morgan fingerprint density at radius 1 is 0.963 bits per heavy atom. The van der Waals surface area contributed by atoms with Gasteiger partial charge in [-0.15, -0.1) is 0 Å². The van der Waals surface area contributed by atoms with Crippen LogP contribution in [0.15, 0.2) is 78.9 Å². The summed E-state index contributed by atoms with van der Waals surface area (Å²) in [5, 5.41) is 2.37. The van der Waals surface area contributed by atoms with Crippen molar-refractivity contribution in [3.05, 3.63) is 102 Å². The van der Waals surface area contributed by atoms with Crippen LogP contribution in [0.5, 0.6) is 5.75 Å². The van der Waals surface area contributed by atoms with Gasteiger partial charge < -0.3 is 10.1 Å². The highest BCUT2D eigenvalue weighted by molar-refractivity contribution is 6.01. The highest BCUT2D eigenvalue weighted by Gasteiger charge is 2.05. The summed E-state index contributed by atoms with van der Waals surface area (Å²) in [7, 11) is 0. The third kappa shape index (κ3) is 5.51. The molecule has 0 fully saturated rings. The van der Waals surface area contributed by atoms with Crippen LogP contribution >= 0.6 is 0 Å². The van der Waals surface area contributed by atoms with Crippen LogP contribution in [0.4, 0.5) is 14.5 Å². The number of hydrogen-bond acceptors (Lipinski definition) is 2. The number of rotatable bonds is 6. The Morgan fingerprint density at radius 2 is 1.70 bits per heavy atom. The molecule has 0 unspecified atom stereocenters. The van der Waals surface area contributed by atoms with E-state index in [1.54, 1.807) is 18.2 Å². The van der Waals surface area contributed by atoms with E-state index in [9.17, 15) is 13.6 Å². The maximum Gasteiger partial charge on any atom is 0.248 e. The molecule has 3 rings (SSSR count). The Labute approximate surface area is 155 Å². The molecule has 0 aliphatic carbocycles. The van der Waals surface area contributed by atoms with Gasteiger partial charge in [0.25, 0.3) is 0 Å². The first-order valence-electron chi connectivity index (χ1n) is 8.31. The molecule has 0 aliphatic rings. The van der Waals surface area contributed by atoms with Gasteiger partial charge in [-0.2, -0.15) is 0 Å². The molecule has 0 radical (unpaired) electrons. The van der Waals surface area contributed by atoms with Gasteiger partial charge in [0.2, 0.25) is 5.91 Å². The van der Waals surface area contributed by atoms with E-state index < -0.39 is 17.5 Å². The van der Waals surface area contributed by atoms with Gasteiger partial charge in [-0.05, 0) is 41.5 Å². The number of benzene rings is 3. The van der Waals surface area contributed by atoms with E-state index in [0.29, 0.717) is 18.4 Å². The first kappa shape index (κ1) is 18.3. The molecule has 27 heavy (non-hydrogen) atoms. The second-order valence-electron chi connectivity index (χ2n) is 5.79. The molecule has 1 N–H and O–H groups in total. The van der Waals surface area contributed by atoms with E-state index in [-0.39, 0.29) is 5.69 Å². The highest BCUT2D eigenvalue weighted by atomic mass is 19.1. The molecule has 0 bridgehead atoms. The summed E-state index contributed by atoms with van der Waals surface area (Å²) in [5.74, 6) is -1.31. The molecule has 3 aromatic rings. The molecule has 0 saturated carbocycles. The lowest BCUT2D eigenvalue weighted by molar-refractivity contribution is -0.111. The first-order valence-corrected chi connectivity index (χ1v) is 8.31. The number of carbonyl (C=O) groups is 1. The average Bonchev–Trinajstić information content (AvgIpc) is 2.68. The van der Waals surface area contributed by atoms with Crippen molar-refractivity contribution < 1.29 is 18.3 Å². The van der Waals surface area contributed by atoms with Crippen LogP contribution < -0.4 is 10.1 Å². The minimum Gasteiger partial charge on any atom is -0.489 e. The van der Waals surface area contributed by atoms with Crippen molar-refractivity contribution >= 4 is 17.7 Å². The predicted octanol–water partition coefficient (Wildman–Crippen LogP) is 5.20. The Bertz CT molecular complexity index is 938. The van der Waals surface area contributed by atoms with Crippen LogP contribution in [0.2, 0.25) is 0 Å². The van der Waals surface area contributed by atoms with Crippen molar-refractivity contribution in [1.29, 1.82) is 0 Å². The maximum absolute atomic E-state index is 13.5. The minimum absolute atomic E-state index is 0.0734. The molecule has 0 heterocycles. The molecular formula is C22H17F2NO2. The lowest BCUT2D eigenvalue weighted by atomic mass is 10.2. The van der Waals surface area contributed by atoms with E-state index in [0.717, 1.165) is 17.2 Å². The van der Waals surface area contributed by atoms with Gasteiger partial charge in [-0.1, -0.05) is 42.5 Å². The molecular weight excluding hydrogens is 348 g/mol. The summed E-state index contributed by atoms with van der Waals surface area (Å²) in [5.41, 5.74) is 1.79. The third-order valence-corrected chi connectivity index (χ3v) is 3.74. The van der Waals surface area contributed by atoms with E-state index >= 15 is 0 Å². The summed E-state index contributed by atoms with van der Waals surface area (Å²) in [6.07, 6.45) is 2.88. The molecule has 0 spiro atoms. The molecule has 3 nitrogen and oxygen atoms in total. The Morgan fingerprint density at radius 3 is 2.41 bits per heavy atom. The van der Waals surface area contributed by atoms with Gasteiger partial charge in [0.1, 0.15) is 24.0 Å². The van der Waals surface area contributed by atoms with Crippen molar-refractivity contribution in [2.75, 3.05) is 5.32 Å². The van der Waals surface area contributed by atoms with Crippen molar-refractivity contribution in [2.45, 2.75) is 6.61 Å². The molecule has 0 aliphatic heterocycles. The normalized spacial score (nSPS) is 10.7. The zero-order chi connectivity index (χ0) is 19.1. The second kappa shape index (κ2) is 8.76. The summed E-state index contributed by atoms with van der Waals surface area (Å²) in [6, 6.07) is 20.0. The Hall–Kier alpha value is -3.47. The molecule has 0 aromatic heterocycles. The fourth-order valence-corrected chi connectivity index (χ4v) is 2.35. The lowest BCUT2D eigenvalue weighted by Crippen LogP contribution is -2.09. The number of halogens is 2. The highest BCUT2D eigenvalue weighted by Crippen LogP contribution is 2.16. The topological polar surface area (TPSA) is 38.3 Å². The monoisotopic (exact) mass is 365 g/mol. The molecule has 1 amide bonds. The van der Waals surface area contributed by atoms with Gasteiger partial charge in [0, 0.05) is 12.1 Å². The molecule has 0 atom stereocenters. The van der Waals surface area contributed by atoms with Crippen LogP contribution in [0.25, 0.3) is 6.08 Å². The predicted molar refractivity (Wildman–Crippen MR) is 101 cm³/mol. The number of anilines is 1. The van der Waals surface area contributed by atoms with Crippen LogP contribution in [0.3, 0.4) is 0 Å². The number of carbonyl (C=O) groups excluding carboxylic acids is 1. The van der Waals surface area contributed by atoms with E-state index in [1.807, 2.05) is 42.5 Å². The number of hydrogen-bond donors (Lipinski definition) is 1. The van der Waals surface area contributed by atoms with Crippen LogP contribution in [-0.4, -0.2) is 5.91 Å². The smallest absolute Gasteiger partial charge is 0.248 e. The second-order valence-corrected chi connectivity index (χ2v) is 5.79. The largest absolute Gasteiger partial charge is 0.489 e. The van der Waals surface area contributed by atoms with Crippen molar-refractivity contribution in [1.82, 2.24) is 0 Å². The molecule has 5 heteroatoms. The minimum atomic E-state index is -0.823. The SMILES string of the molecule is O=C(/C=C/c1ccc(OCc2ccccc2)cc1)Nc1ccc(F)cc1F. The van der Waals surface area contributed by atoms with Gasteiger partial charge in [-0.25, -0.2) is 8.78 Å². The van der Waals surface area contributed by atoms with E-state index in [4.69, 9.17) is 4.74 Å². The van der Waals surface area contributed by atoms with Crippen LogP contribution in [0, 0.1) is 11.6 Å². The quantitative estimate of drug-likeness (QED) is 0.610. The van der Waals surface area contributed by atoms with E-state index in [2.05, 4.69) is 5.32 Å². The van der Waals surface area contributed by atoms with Gasteiger partial charge in [0.15, 0.2) is 0 Å². The fraction of sp³-hybridized carbons (Fsp3) is 0.0455. The molecule has 3 aromatic carbocycles. The maximum atomic E-state index is 13.5. The summed E-state index contributed by atoms with van der Waals surface area (Å²) < 4.78 is 32.1. The Balaban J connectivity index is 1.54. The Kier molecular flexibility index (Phi) is 5.94. The van der Waals surface area contributed by atoms with Gasteiger partial charge in [-0.3, -0.25) is 4.79 Å². The lowest BCUT2D eigenvalue weighted by Gasteiger charge is -2.06.